The number of hydrogen-bond acceptors (Lipinski definition) is 4. The molecule has 0 radical (unpaired) electrons. The Bertz CT molecular complexity index is 461. The first-order valence-electron chi connectivity index (χ1n) is 6.21. The molecule has 1 aromatic rings. The highest BCUT2D eigenvalue weighted by Gasteiger charge is 2.20. The van der Waals surface area contributed by atoms with Gasteiger partial charge in [0.25, 0.3) is 0 Å². The first-order valence-corrected chi connectivity index (χ1v) is 6.21. The summed E-state index contributed by atoms with van der Waals surface area (Å²) in [5.74, 6) is 4.72. The predicted molar refractivity (Wildman–Crippen MR) is 73.9 cm³/mol. The van der Waals surface area contributed by atoms with E-state index in [4.69, 9.17) is 11.2 Å². The van der Waals surface area contributed by atoms with Crippen LogP contribution in [0.15, 0.2) is 0 Å². The van der Waals surface area contributed by atoms with Crippen LogP contribution in [0.5, 0.6) is 5.88 Å². The maximum Gasteiger partial charge on any atom is 0.223 e. The number of anilines is 1. The summed E-state index contributed by atoms with van der Waals surface area (Å²) in [7, 11) is 0. The summed E-state index contributed by atoms with van der Waals surface area (Å²) >= 11 is 0. The molecule has 4 heteroatoms. The number of aromatic nitrogens is 2. The minimum absolute atomic E-state index is 0.556. The molecule has 1 rings (SSSR count). The maximum absolute atomic E-state index is 5.78. The van der Waals surface area contributed by atoms with Crippen molar-refractivity contribution in [1.82, 2.24) is 9.97 Å². The molecule has 4 nitrogen and oxygen atoms in total. The molecule has 0 unspecified atom stereocenters. The summed E-state index contributed by atoms with van der Waals surface area (Å²) in [6, 6.07) is 0. The second-order valence-corrected chi connectivity index (χ2v) is 4.56. The Morgan fingerprint density at radius 1 is 1.33 bits per heavy atom. The molecular formula is C14H21N3O. The molecule has 98 valence electrons. The number of hydrogen-bond donors (Lipinski definition) is 1. The van der Waals surface area contributed by atoms with Crippen molar-refractivity contribution in [2.75, 3.05) is 11.9 Å². The topological polar surface area (TPSA) is 47.0 Å². The first kappa shape index (κ1) is 14.3. The zero-order chi connectivity index (χ0) is 13.8. The van der Waals surface area contributed by atoms with E-state index in [2.05, 4.69) is 21.2 Å². The van der Waals surface area contributed by atoms with E-state index < -0.39 is 5.60 Å². The third-order valence-electron chi connectivity index (χ3n) is 2.51. The first-order chi connectivity index (χ1) is 8.43. The van der Waals surface area contributed by atoms with Gasteiger partial charge < -0.3 is 10.1 Å². The van der Waals surface area contributed by atoms with Crippen LogP contribution < -0.4 is 10.1 Å². The molecule has 0 aliphatic heterocycles. The molecule has 0 aliphatic carbocycles. The normalized spacial score (nSPS) is 10.9. The third-order valence-corrected chi connectivity index (χ3v) is 2.51. The van der Waals surface area contributed by atoms with Gasteiger partial charge in [0.15, 0.2) is 5.60 Å². The minimum atomic E-state index is -0.673. The van der Waals surface area contributed by atoms with Crippen LogP contribution in [0.25, 0.3) is 0 Å². The summed E-state index contributed by atoms with van der Waals surface area (Å²) in [5.41, 5.74) is 0.213. The van der Waals surface area contributed by atoms with E-state index in [0.717, 1.165) is 30.2 Å². The summed E-state index contributed by atoms with van der Waals surface area (Å²) in [4.78, 5) is 8.84. The number of nitrogens with zero attached hydrogens (tertiary/aromatic N) is 2. The van der Waals surface area contributed by atoms with Gasteiger partial charge in [-0.15, -0.1) is 6.42 Å². The molecule has 0 spiro atoms. The van der Waals surface area contributed by atoms with Crippen molar-refractivity contribution in [3.63, 3.8) is 0 Å². The lowest BCUT2D eigenvalue weighted by molar-refractivity contribution is 0.162. The number of aryl methyl sites for hydroxylation is 1. The molecule has 1 aromatic heterocycles. The molecule has 0 atom stereocenters. The highest BCUT2D eigenvalue weighted by Crippen LogP contribution is 2.25. The fourth-order valence-corrected chi connectivity index (χ4v) is 1.41. The molecule has 0 aliphatic rings. The number of terminal acetylenes is 1. The zero-order valence-corrected chi connectivity index (χ0v) is 11.8. The van der Waals surface area contributed by atoms with Crippen LogP contribution in [-0.2, 0) is 6.42 Å². The zero-order valence-electron chi connectivity index (χ0n) is 11.8. The van der Waals surface area contributed by atoms with Crippen LogP contribution in [0.3, 0.4) is 0 Å². The van der Waals surface area contributed by atoms with Gasteiger partial charge in [-0.25, -0.2) is 4.98 Å². The lowest BCUT2D eigenvalue weighted by atomic mass is 10.1. The van der Waals surface area contributed by atoms with Crippen molar-refractivity contribution in [3.8, 4) is 18.2 Å². The summed E-state index contributed by atoms with van der Waals surface area (Å²) in [5, 5.41) is 3.21. The predicted octanol–water partition coefficient (Wildman–Crippen LogP) is 2.57. The fourth-order valence-electron chi connectivity index (χ4n) is 1.41. The van der Waals surface area contributed by atoms with Crippen LogP contribution >= 0.6 is 0 Å². The number of nitrogens with one attached hydrogen (secondary N) is 1. The largest absolute Gasteiger partial charge is 0.458 e. The van der Waals surface area contributed by atoms with Crippen molar-refractivity contribution in [2.45, 2.75) is 46.6 Å². The maximum atomic E-state index is 5.78. The molecule has 1 heterocycles. The van der Waals surface area contributed by atoms with Gasteiger partial charge in [0.1, 0.15) is 11.6 Å². The summed E-state index contributed by atoms with van der Waals surface area (Å²) in [6.07, 6.45) is 6.19. The van der Waals surface area contributed by atoms with E-state index in [1.807, 2.05) is 34.6 Å². The monoisotopic (exact) mass is 247 g/mol. The van der Waals surface area contributed by atoms with Crippen LogP contribution in [-0.4, -0.2) is 22.1 Å². The molecule has 18 heavy (non-hydrogen) atoms. The van der Waals surface area contributed by atoms with E-state index in [-0.39, 0.29) is 0 Å². The average Bonchev–Trinajstić information content (AvgIpc) is 2.34. The lowest BCUT2D eigenvalue weighted by Gasteiger charge is -2.22. The van der Waals surface area contributed by atoms with E-state index in [0.29, 0.717) is 5.88 Å². The molecule has 1 N–H and O–H groups in total. The van der Waals surface area contributed by atoms with Crippen LogP contribution in [0, 0.1) is 19.3 Å². The summed E-state index contributed by atoms with van der Waals surface area (Å²) in [6.45, 7) is 10.5. The Morgan fingerprint density at radius 3 is 2.50 bits per heavy atom. The second-order valence-electron chi connectivity index (χ2n) is 4.56. The third kappa shape index (κ3) is 3.36. The molecular weight excluding hydrogens is 226 g/mol. The van der Waals surface area contributed by atoms with E-state index in [1.165, 1.54) is 0 Å². The van der Waals surface area contributed by atoms with Gasteiger partial charge >= 0.3 is 0 Å². The molecule has 0 saturated heterocycles. The smallest absolute Gasteiger partial charge is 0.223 e. The van der Waals surface area contributed by atoms with Gasteiger partial charge in [-0.1, -0.05) is 12.8 Å². The van der Waals surface area contributed by atoms with Crippen molar-refractivity contribution in [3.05, 3.63) is 11.4 Å². The van der Waals surface area contributed by atoms with Crippen LogP contribution in [0.4, 0.5) is 5.82 Å². The Morgan fingerprint density at radius 2 is 2.00 bits per heavy atom. The van der Waals surface area contributed by atoms with Crippen molar-refractivity contribution < 1.29 is 4.74 Å². The van der Waals surface area contributed by atoms with Gasteiger partial charge in [-0.3, -0.25) is 0 Å². The summed E-state index contributed by atoms with van der Waals surface area (Å²) < 4.78 is 5.78. The Balaban J connectivity index is 3.18. The van der Waals surface area contributed by atoms with Gasteiger partial charge in [0.05, 0.1) is 5.56 Å². The van der Waals surface area contributed by atoms with Gasteiger partial charge in [-0.2, -0.15) is 4.98 Å². The highest BCUT2D eigenvalue weighted by atomic mass is 16.5. The molecule has 0 fully saturated rings. The van der Waals surface area contributed by atoms with E-state index in [9.17, 15) is 0 Å². The van der Waals surface area contributed by atoms with Crippen LogP contribution in [0.2, 0.25) is 0 Å². The number of ether oxygens (including phenoxy) is 1. The molecule has 0 aromatic carbocycles. The Labute approximate surface area is 109 Å². The van der Waals surface area contributed by atoms with Crippen molar-refractivity contribution >= 4 is 5.82 Å². The van der Waals surface area contributed by atoms with Crippen molar-refractivity contribution in [1.29, 1.82) is 0 Å². The van der Waals surface area contributed by atoms with E-state index >= 15 is 0 Å². The minimum Gasteiger partial charge on any atom is -0.458 e. The average molecular weight is 247 g/mol. The van der Waals surface area contributed by atoms with Gasteiger partial charge in [-0.05, 0) is 27.7 Å². The highest BCUT2D eigenvalue weighted by molar-refractivity contribution is 5.48. The quantitative estimate of drug-likeness (QED) is 0.812. The fraction of sp³-hybridized carbons (Fsp3) is 0.571. The standard InChI is InChI=1S/C14H21N3O/c1-7-11-16-12(15-9-3)10(4)13(17-11)18-14(5,6)8-2/h2H,7,9H2,1,3-6H3,(H,15,16,17). The molecule has 0 bridgehead atoms. The lowest BCUT2D eigenvalue weighted by Crippen LogP contribution is -2.27. The van der Waals surface area contributed by atoms with Gasteiger partial charge in [0.2, 0.25) is 5.88 Å². The van der Waals surface area contributed by atoms with Gasteiger partial charge in [0, 0.05) is 13.0 Å². The number of rotatable bonds is 5. The Kier molecular flexibility index (Phi) is 4.55. The SMILES string of the molecule is C#CC(C)(C)Oc1nc(CC)nc(NCC)c1C. The molecule has 0 amide bonds. The molecule has 0 saturated carbocycles. The van der Waals surface area contributed by atoms with Crippen LogP contribution in [0.1, 0.15) is 39.1 Å². The van der Waals surface area contributed by atoms with Crippen molar-refractivity contribution in [2.24, 2.45) is 0 Å². The second kappa shape index (κ2) is 5.72. The van der Waals surface area contributed by atoms with E-state index in [1.54, 1.807) is 0 Å². The Hall–Kier alpha value is -1.76.